The van der Waals surface area contributed by atoms with E-state index >= 15 is 0 Å². The number of benzene rings is 1. The summed E-state index contributed by atoms with van der Waals surface area (Å²) in [5, 5.41) is 3.69. The number of hydrogen-bond donors (Lipinski definition) is 1. The van der Waals surface area contributed by atoms with Gasteiger partial charge in [0.2, 0.25) is 0 Å². The van der Waals surface area contributed by atoms with Crippen LogP contribution in [0.5, 0.6) is 0 Å². The molecule has 4 nitrogen and oxygen atoms in total. The molecule has 1 N–H and O–H groups in total. The summed E-state index contributed by atoms with van der Waals surface area (Å²) in [4.78, 5) is 11.5. The SMILES string of the molecule is COC(=O)c1cc(NC2CCOC2)ccc1Cl. The van der Waals surface area contributed by atoms with Crippen LogP contribution in [0.25, 0.3) is 0 Å². The quantitative estimate of drug-likeness (QED) is 0.842. The summed E-state index contributed by atoms with van der Waals surface area (Å²) in [6, 6.07) is 5.52. The van der Waals surface area contributed by atoms with Crippen molar-refractivity contribution < 1.29 is 14.3 Å². The molecule has 17 heavy (non-hydrogen) atoms. The van der Waals surface area contributed by atoms with Crippen LogP contribution >= 0.6 is 11.6 Å². The molecule has 1 unspecified atom stereocenters. The smallest absolute Gasteiger partial charge is 0.339 e. The van der Waals surface area contributed by atoms with Crippen LogP contribution in [-0.2, 0) is 9.47 Å². The minimum Gasteiger partial charge on any atom is -0.465 e. The zero-order valence-electron chi connectivity index (χ0n) is 9.53. The zero-order valence-corrected chi connectivity index (χ0v) is 10.3. The fourth-order valence-electron chi connectivity index (χ4n) is 1.77. The molecule has 1 saturated heterocycles. The maximum absolute atomic E-state index is 11.5. The fourth-order valence-corrected chi connectivity index (χ4v) is 1.96. The summed E-state index contributed by atoms with van der Waals surface area (Å²) in [5.74, 6) is -0.429. The van der Waals surface area contributed by atoms with Crippen molar-refractivity contribution in [3.8, 4) is 0 Å². The topological polar surface area (TPSA) is 47.6 Å². The van der Waals surface area contributed by atoms with E-state index in [1.54, 1.807) is 12.1 Å². The van der Waals surface area contributed by atoms with Crippen LogP contribution in [0.15, 0.2) is 18.2 Å². The van der Waals surface area contributed by atoms with Crippen LogP contribution in [0.4, 0.5) is 5.69 Å². The second-order valence-electron chi connectivity index (χ2n) is 3.89. The van der Waals surface area contributed by atoms with Crippen molar-refractivity contribution >= 4 is 23.3 Å². The fraction of sp³-hybridized carbons (Fsp3) is 0.417. The lowest BCUT2D eigenvalue weighted by Gasteiger charge is -2.13. The Morgan fingerprint density at radius 2 is 2.41 bits per heavy atom. The average molecular weight is 256 g/mol. The number of halogens is 1. The molecule has 1 heterocycles. The Hall–Kier alpha value is -1.26. The Balaban J connectivity index is 2.15. The zero-order chi connectivity index (χ0) is 12.3. The number of methoxy groups -OCH3 is 1. The van der Waals surface area contributed by atoms with Crippen molar-refractivity contribution in [3.05, 3.63) is 28.8 Å². The maximum Gasteiger partial charge on any atom is 0.339 e. The standard InChI is InChI=1S/C12H14ClNO3/c1-16-12(15)10-6-8(2-3-11(10)13)14-9-4-5-17-7-9/h2-3,6,9,14H,4-5,7H2,1H3. The van der Waals surface area contributed by atoms with Gasteiger partial charge in [-0.05, 0) is 24.6 Å². The monoisotopic (exact) mass is 255 g/mol. The van der Waals surface area contributed by atoms with Crippen molar-refractivity contribution in [2.75, 3.05) is 25.6 Å². The molecule has 0 spiro atoms. The van der Waals surface area contributed by atoms with Gasteiger partial charge in [-0.25, -0.2) is 4.79 Å². The van der Waals surface area contributed by atoms with E-state index in [9.17, 15) is 4.79 Å². The van der Waals surface area contributed by atoms with Crippen LogP contribution in [-0.4, -0.2) is 32.3 Å². The number of carbonyl (C=O) groups is 1. The molecule has 92 valence electrons. The van der Waals surface area contributed by atoms with E-state index in [0.717, 1.165) is 18.7 Å². The second kappa shape index (κ2) is 5.38. The van der Waals surface area contributed by atoms with Crippen molar-refractivity contribution in [1.29, 1.82) is 0 Å². The lowest BCUT2D eigenvalue weighted by atomic mass is 10.1. The van der Waals surface area contributed by atoms with E-state index in [1.165, 1.54) is 7.11 Å². The normalized spacial score (nSPS) is 19.1. The molecule has 0 radical (unpaired) electrons. The molecule has 0 amide bonds. The summed E-state index contributed by atoms with van der Waals surface area (Å²) in [6.45, 7) is 1.46. The van der Waals surface area contributed by atoms with E-state index in [1.807, 2.05) is 6.07 Å². The Bertz CT molecular complexity index is 416. The Labute approximate surface area is 105 Å². The predicted octanol–water partition coefficient (Wildman–Crippen LogP) is 2.33. The highest BCUT2D eigenvalue weighted by Crippen LogP contribution is 2.22. The van der Waals surface area contributed by atoms with Crippen LogP contribution < -0.4 is 5.32 Å². The number of anilines is 1. The van der Waals surface area contributed by atoms with E-state index < -0.39 is 5.97 Å². The van der Waals surface area contributed by atoms with Gasteiger partial charge in [0.25, 0.3) is 0 Å². The van der Waals surface area contributed by atoms with Crippen molar-refractivity contribution in [2.24, 2.45) is 0 Å². The van der Waals surface area contributed by atoms with Crippen LogP contribution in [0.1, 0.15) is 16.8 Å². The number of hydrogen-bond acceptors (Lipinski definition) is 4. The Kier molecular flexibility index (Phi) is 3.86. The van der Waals surface area contributed by atoms with Gasteiger partial charge in [0.05, 0.1) is 30.3 Å². The number of rotatable bonds is 3. The molecule has 1 aliphatic rings. The minimum atomic E-state index is -0.429. The molecule has 0 bridgehead atoms. The number of nitrogens with one attached hydrogen (secondary N) is 1. The van der Waals surface area contributed by atoms with Gasteiger partial charge in [-0.3, -0.25) is 0 Å². The molecule has 0 saturated carbocycles. The first-order valence-corrected chi connectivity index (χ1v) is 5.80. The summed E-state index contributed by atoms with van der Waals surface area (Å²) in [7, 11) is 1.34. The minimum absolute atomic E-state index is 0.293. The molecular formula is C12H14ClNO3. The first kappa shape index (κ1) is 12.2. The third-order valence-corrected chi connectivity index (χ3v) is 3.00. The van der Waals surface area contributed by atoms with Gasteiger partial charge in [-0.2, -0.15) is 0 Å². The molecule has 2 rings (SSSR count). The van der Waals surface area contributed by atoms with Crippen molar-refractivity contribution in [2.45, 2.75) is 12.5 Å². The number of esters is 1. The maximum atomic E-state index is 11.5. The van der Waals surface area contributed by atoms with Gasteiger partial charge in [0.15, 0.2) is 0 Å². The molecule has 0 aliphatic carbocycles. The van der Waals surface area contributed by atoms with Crippen LogP contribution in [0, 0.1) is 0 Å². The van der Waals surface area contributed by atoms with E-state index in [2.05, 4.69) is 10.1 Å². The van der Waals surface area contributed by atoms with Gasteiger partial charge < -0.3 is 14.8 Å². The largest absolute Gasteiger partial charge is 0.465 e. The van der Waals surface area contributed by atoms with E-state index in [0.29, 0.717) is 23.2 Å². The first-order chi connectivity index (χ1) is 8.20. The third-order valence-electron chi connectivity index (χ3n) is 2.67. The van der Waals surface area contributed by atoms with Gasteiger partial charge >= 0.3 is 5.97 Å². The highest BCUT2D eigenvalue weighted by atomic mass is 35.5. The summed E-state index contributed by atoms with van der Waals surface area (Å²) in [5.41, 5.74) is 1.23. The molecular weight excluding hydrogens is 242 g/mol. The second-order valence-corrected chi connectivity index (χ2v) is 4.30. The number of carbonyl (C=O) groups excluding carboxylic acids is 1. The summed E-state index contributed by atoms with van der Waals surface area (Å²) < 4.78 is 9.94. The Morgan fingerprint density at radius 1 is 1.59 bits per heavy atom. The molecule has 5 heteroatoms. The van der Waals surface area contributed by atoms with Crippen molar-refractivity contribution in [3.63, 3.8) is 0 Å². The third kappa shape index (κ3) is 2.90. The molecule has 0 aromatic heterocycles. The highest BCUT2D eigenvalue weighted by molar-refractivity contribution is 6.33. The van der Waals surface area contributed by atoms with Crippen molar-refractivity contribution in [1.82, 2.24) is 0 Å². The molecule has 1 aliphatic heterocycles. The highest BCUT2D eigenvalue weighted by Gasteiger charge is 2.17. The molecule has 1 fully saturated rings. The average Bonchev–Trinajstić information content (AvgIpc) is 2.83. The molecule has 1 aromatic rings. The predicted molar refractivity (Wildman–Crippen MR) is 65.6 cm³/mol. The first-order valence-electron chi connectivity index (χ1n) is 5.43. The lowest BCUT2D eigenvalue weighted by molar-refractivity contribution is 0.0601. The van der Waals surface area contributed by atoms with Crippen LogP contribution in [0.2, 0.25) is 5.02 Å². The van der Waals surface area contributed by atoms with Gasteiger partial charge in [0.1, 0.15) is 0 Å². The van der Waals surface area contributed by atoms with Gasteiger partial charge in [-0.15, -0.1) is 0 Å². The van der Waals surface area contributed by atoms with Gasteiger partial charge in [-0.1, -0.05) is 11.6 Å². The van der Waals surface area contributed by atoms with E-state index in [-0.39, 0.29) is 0 Å². The lowest BCUT2D eigenvalue weighted by Crippen LogP contribution is -2.19. The summed E-state index contributed by atoms with van der Waals surface area (Å²) in [6.07, 6.45) is 0.968. The Morgan fingerprint density at radius 3 is 3.06 bits per heavy atom. The molecule has 1 aromatic carbocycles. The van der Waals surface area contributed by atoms with E-state index in [4.69, 9.17) is 16.3 Å². The van der Waals surface area contributed by atoms with Crippen LogP contribution in [0.3, 0.4) is 0 Å². The number of ether oxygens (including phenoxy) is 2. The molecule has 1 atom stereocenters. The van der Waals surface area contributed by atoms with Gasteiger partial charge in [0, 0.05) is 12.3 Å². The summed E-state index contributed by atoms with van der Waals surface area (Å²) >= 11 is 5.93.